The summed E-state index contributed by atoms with van der Waals surface area (Å²) in [5.41, 5.74) is 0.936. The summed E-state index contributed by atoms with van der Waals surface area (Å²) >= 11 is 0. The zero-order valence-electron chi connectivity index (χ0n) is 10.6. The van der Waals surface area contributed by atoms with Crippen LogP contribution in [0.25, 0.3) is 0 Å². The van der Waals surface area contributed by atoms with Crippen molar-refractivity contribution in [2.24, 2.45) is 5.92 Å². The third-order valence-electron chi connectivity index (χ3n) is 3.24. The third-order valence-corrected chi connectivity index (χ3v) is 3.24. The van der Waals surface area contributed by atoms with Crippen LogP contribution in [0, 0.1) is 5.92 Å². The van der Waals surface area contributed by atoms with Gasteiger partial charge in [-0.15, -0.1) is 0 Å². The number of ether oxygens (including phenoxy) is 2. The molecule has 1 aromatic carbocycles. The van der Waals surface area contributed by atoms with Gasteiger partial charge in [0.25, 0.3) is 0 Å². The van der Waals surface area contributed by atoms with Gasteiger partial charge < -0.3 is 14.6 Å². The zero-order chi connectivity index (χ0) is 12.4. The first-order valence-corrected chi connectivity index (χ1v) is 6.22. The van der Waals surface area contributed by atoms with Crippen LogP contribution >= 0.6 is 0 Å². The molecule has 2 rings (SSSR count). The van der Waals surface area contributed by atoms with Gasteiger partial charge in [0.1, 0.15) is 0 Å². The van der Waals surface area contributed by atoms with Crippen molar-refractivity contribution in [3.63, 3.8) is 0 Å². The van der Waals surface area contributed by atoms with Crippen molar-refractivity contribution in [1.82, 2.24) is 0 Å². The van der Waals surface area contributed by atoms with Gasteiger partial charge in [-0.1, -0.05) is 19.1 Å². The fraction of sp³-hybridized carbons (Fsp3) is 0.571. The van der Waals surface area contributed by atoms with E-state index < -0.39 is 0 Å². The molecule has 1 N–H and O–H groups in total. The summed E-state index contributed by atoms with van der Waals surface area (Å²) in [5.74, 6) is 1.27. The van der Waals surface area contributed by atoms with E-state index >= 15 is 0 Å². The predicted molar refractivity (Wildman–Crippen MR) is 66.5 cm³/mol. The quantitative estimate of drug-likeness (QED) is 0.799. The van der Waals surface area contributed by atoms with E-state index in [-0.39, 0.29) is 5.75 Å². The van der Waals surface area contributed by atoms with Gasteiger partial charge in [-0.05, 0) is 37.8 Å². The van der Waals surface area contributed by atoms with Gasteiger partial charge in [0, 0.05) is 0 Å². The van der Waals surface area contributed by atoms with Gasteiger partial charge in [0.05, 0.1) is 18.8 Å². The Morgan fingerprint density at radius 3 is 2.76 bits per heavy atom. The molecule has 3 unspecified atom stereocenters. The third kappa shape index (κ3) is 2.72. The summed E-state index contributed by atoms with van der Waals surface area (Å²) in [7, 11) is 0. The summed E-state index contributed by atoms with van der Waals surface area (Å²) in [5, 5.41) is 10.1. The van der Waals surface area contributed by atoms with Crippen LogP contribution in [0.3, 0.4) is 0 Å². The number of benzene rings is 1. The minimum Gasteiger partial charge on any atom is -0.504 e. The van der Waals surface area contributed by atoms with Gasteiger partial charge >= 0.3 is 0 Å². The Morgan fingerprint density at radius 1 is 1.47 bits per heavy atom. The summed E-state index contributed by atoms with van der Waals surface area (Å²) in [6, 6.07) is 5.66. The molecule has 0 amide bonds. The fourth-order valence-electron chi connectivity index (χ4n) is 2.27. The number of hydrogen-bond acceptors (Lipinski definition) is 3. The lowest BCUT2D eigenvalue weighted by molar-refractivity contribution is 0.311. The van der Waals surface area contributed by atoms with Crippen molar-refractivity contribution in [3.05, 3.63) is 23.8 Å². The van der Waals surface area contributed by atoms with Crippen molar-refractivity contribution >= 4 is 0 Å². The number of epoxide rings is 1. The Morgan fingerprint density at radius 2 is 2.18 bits per heavy atom. The lowest BCUT2D eigenvalue weighted by Gasteiger charge is -2.13. The van der Waals surface area contributed by atoms with Gasteiger partial charge in [-0.2, -0.15) is 0 Å². The molecule has 3 nitrogen and oxygen atoms in total. The van der Waals surface area contributed by atoms with Crippen molar-refractivity contribution in [2.75, 3.05) is 6.61 Å². The lowest BCUT2D eigenvalue weighted by atomic mass is 9.96. The van der Waals surface area contributed by atoms with Crippen molar-refractivity contribution < 1.29 is 14.6 Å². The first kappa shape index (κ1) is 12.2. The highest BCUT2D eigenvalue weighted by atomic mass is 16.6. The van der Waals surface area contributed by atoms with E-state index in [1.165, 1.54) is 0 Å². The summed E-state index contributed by atoms with van der Waals surface area (Å²) in [6.07, 6.45) is 1.52. The standard InChI is InChI=1S/C14H20O3/c1-4-16-12-7-5-6-11(13(12)15)8-9(2)14-10(3)17-14/h5-7,9-10,14-15H,4,8H2,1-3H3. The number of phenols is 1. The molecule has 1 saturated heterocycles. The molecule has 0 saturated carbocycles. The molecule has 3 atom stereocenters. The Labute approximate surface area is 102 Å². The molecule has 1 aliphatic rings. The second-order valence-electron chi connectivity index (χ2n) is 4.68. The first-order valence-electron chi connectivity index (χ1n) is 6.22. The number of para-hydroxylation sites is 1. The van der Waals surface area contributed by atoms with Crippen LogP contribution < -0.4 is 4.74 Å². The minimum absolute atomic E-state index is 0.273. The van der Waals surface area contributed by atoms with Crippen LogP contribution in [0.2, 0.25) is 0 Å². The van der Waals surface area contributed by atoms with Crippen molar-refractivity contribution in [3.8, 4) is 11.5 Å². The highest BCUT2D eigenvalue weighted by molar-refractivity contribution is 5.45. The molecule has 3 heteroatoms. The maximum Gasteiger partial charge on any atom is 0.161 e. The molecule has 17 heavy (non-hydrogen) atoms. The molecule has 1 heterocycles. The number of phenolic OH excluding ortho intramolecular Hbond substituents is 1. The van der Waals surface area contributed by atoms with Gasteiger partial charge in [-0.3, -0.25) is 0 Å². The van der Waals surface area contributed by atoms with E-state index in [0.29, 0.717) is 30.5 Å². The Bertz CT molecular complexity index is 389. The second kappa shape index (κ2) is 4.96. The molecule has 1 aliphatic heterocycles. The summed E-state index contributed by atoms with van der Waals surface area (Å²) < 4.78 is 10.8. The molecule has 0 spiro atoms. The molecule has 0 bridgehead atoms. The van der Waals surface area contributed by atoms with E-state index in [1.54, 1.807) is 6.07 Å². The molecule has 1 aromatic rings. The highest BCUT2D eigenvalue weighted by Gasteiger charge is 2.39. The molecule has 0 aliphatic carbocycles. The molecule has 0 aromatic heterocycles. The maximum absolute atomic E-state index is 10.1. The average molecular weight is 236 g/mol. The van der Waals surface area contributed by atoms with Crippen molar-refractivity contribution in [2.45, 2.75) is 39.4 Å². The van der Waals surface area contributed by atoms with Gasteiger partial charge in [-0.25, -0.2) is 0 Å². The normalized spacial score (nSPS) is 24.4. The molecule has 94 valence electrons. The zero-order valence-corrected chi connectivity index (χ0v) is 10.6. The van der Waals surface area contributed by atoms with E-state index in [4.69, 9.17) is 9.47 Å². The van der Waals surface area contributed by atoms with E-state index in [0.717, 1.165) is 12.0 Å². The topological polar surface area (TPSA) is 42.0 Å². The Kier molecular flexibility index (Phi) is 3.57. The maximum atomic E-state index is 10.1. The van der Waals surface area contributed by atoms with E-state index in [1.807, 2.05) is 19.1 Å². The molecule has 0 radical (unpaired) electrons. The monoisotopic (exact) mass is 236 g/mol. The molecular formula is C14H20O3. The van der Waals surface area contributed by atoms with Gasteiger partial charge in [0.2, 0.25) is 0 Å². The summed E-state index contributed by atoms with van der Waals surface area (Å²) in [6.45, 7) is 6.71. The van der Waals surface area contributed by atoms with E-state index in [2.05, 4.69) is 13.8 Å². The van der Waals surface area contributed by atoms with E-state index in [9.17, 15) is 5.11 Å². The average Bonchev–Trinajstić information content (AvgIpc) is 3.02. The van der Waals surface area contributed by atoms with Crippen molar-refractivity contribution in [1.29, 1.82) is 0 Å². The number of rotatable bonds is 5. The Hall–Kier alpha value is -1.22. The second-order valence-corrected chi connectivity index (χ2v) is 4.68. The largest absolute Gasteiger partial charge is 0.504 e. The lowest BCUT2D eigenvalue weighted by Crippen LogP contribution is -2.09. The number of hydrogen-bond donors (Lipinski definition) is 1. The molecule has 1 fully saturated rings. The van der Waals surface area contributed by atoms with Gasteiger partial charge in [0.15, 0.2) is 11.5 Å². The number of aromatic hydroxyl groups is 1. The Balaban J connectivity index is 2.07. The predicted octanol–water partition coefficient (Wildman–Crippen LogP) is 2.76. The van der Waals surface area contributed by atoms with Crippen LogP contribution in [0.15, 0.2) is 18.2 Å². The first-order chi connectivity index (χ1) is 8.13. The summed E-state index contributed by atoms with van der Waals surface area (Å²) in [4.78, 5) is 0. The minimum atomic E-state index is 0.273. The van der Waals surface area contributed by atoms with Crippen LogP contribution in [-0.4, -0.2) is 23.9 Å². The van der Waals surface area contributed by atoms with Crippen LogP contribution in [-0.2, 0) is 11.2 Å². The smallest absolute Gasteiger partial charge is 0.161 e. The fourth-order valence-corrected chi connectivity index (χ4v) is 2.27. The van der Waals surface area contributed by atoms with Crippen LogP contribution in [0.1, 0.15) is 26.3 Å². The highest BCUT2D eigenvalue weighted by Crippen LogP contribution is 2.35. The van der Waals surface area contributed by atoms with Crippen LogP contribution in [0.4, 0.5) is 0 Å². The van der Waals surface area contributed by atoms with Crippen LogP contribution in [0.5, 0.6) is 11.5 Å². The molecular weight excluding hydrogens is 216 g/mol. The SMILES string of the molecule is CCOc1cccc(CC(C)C2OC2C)c1O.